The van der Waals surface area contributed by atoms with E-state index in [9.17, 15) is 14.0 Å². The van der Waals surface area contributed by atoms with Crippen molar-refractivity contribution in [3.05, 3.63) is 105 Å². The van der Waals surface area contributed by atoms with Gasteiger partial charge >= 0.3 is 0 Å². The molecule has 9 heteroatoms. The van der Waals surface area contributed by atoms with E-state index in [1.54, 1.807) is 4.57 Å². The van der Waals surface area contributed by atoms with Gasteiger partial charge in [0.25, 0.3) is 11.8 Å². The van der Waals surface area contributed by atoms with Crippen molar-refractivity contribution in [2.75, 3.05) is 27.7 Å². The van der Waals surface area contributed by atoms with E-state index in [0.717, 1.165) is 46.4 Å². The van der Waals surface area contributed by atoms with E-state index in [-0.39, 0.29) is 28.0 Å². The highest BCUT2D eigenvalue weighted by molar-refractivity contribution is 5.99. The van der Waals surface area contributed by atoms with Gasteiger partial charge in [0.15, 0.2) is 5.83 Å². The molecule has 0 saturated heterocycles. The number of aryl methyl sites for hydroxylation is 1. The van der Waals surface area contributed by atoms with Gasteiger partial charge in [-0.2, -0.15) is 0 Å². The maximum atomic E-state index is 16.7. The summed E-state index contributed by atoms with van der Waals surface area (Å²) >= 11 is 0. The summed E-state index contributed by atoms with van der Waals surface area (Å²) in [6, 6.07) is 13.3. The highest BCUT2D eigenvalue weighted by atomic mass is 19.1. The van der Waals surface area contributed by atoms with E-state index in [1.165, 1.54) is 38.4 Å². The molecule has 5 rings (SSSR count). The minimum Gasteiger partial charge on any atom is -0.355 e. The van der Waals surface area contributed by atoms with Gasteiger partial charge < -0.3 is 20.1 Å². The molecule has 40 heavy (non-hydrogen) atoms. The molecule has 0 aliphatic carbocycles. The number of carbonyl (C=O) groups excluding carboxylic acids is 2. The number of carbonyl (C=O) groups is 2. The van der Waals surface area contributed by atoms with Crippen molar-refractivity contribution in [1.82, 2.24) is 20.1 Å². The lowest BCUT2D eigenvalue weighted by atomic mass is 10.0. The number of rotatable bonds is 5. The Morgan fingerprint density at radius 3 is 2.05 bits per heavy atom. The quantitative estimate of drug-likeness (QED) is 0.335. The number of nitrogens with one attached hydrogen (secondary N) is 2. The predicted octanol–water partition coefficient (Wildman–Crippen LogP) is 5.28. The number of halogens is 3. The zero-order chi connectivity index (χ0) is 28.7. The first kappa shape index (κ1) is 27.2. The summed E-state index contributed by atoms with van der Waals surface area (Å²) in [5.74, 6) is -3.74. The van der Waals surface area contributed by atoms with E-state index >= 15 is 8.78 Å². The van der Waals surface area contributed by atoms with Gasteiger partial charge in [0.05, 0.1) is 22.3 Å². The molecule has 3 aromatic carbocycles. The average molecular weight is 547 g/mol. The first-order valence-corrected chi connectivity index (χ1v) is 12.9. The monoisotopic (exact) mass is 546 g/mol. The zero-order valence-electron chi connectivity index (χ0n) is 22.7. The molecule has 0 saturated carbocycles. The summed E-state index contributed by atoms with van der Waals surface area (Å²) in [4.78, 5) is 26.4. The second-order valence-electron chi connectivity index (χ2n) is 9.98. The minimum absolute atomic E-state index is 0.0223. The molecule has 1 aliphatic heterocycles. The van der Waals surface area contributed by atoms with Crippen LogP contribution in [-0.4, -0.2) is 49.0 Å². The maximum Gasteiger partial charge on any atom is 0.253 e. The Kier molecular flexibility index (Phi) is 7.25. The normalized spacial score (nSPS) is 14.1. The molecular weight excluding hydrogens is 517 g/mol. The van der Waals surface area contributed by atoms with Gasteiger partial charge in [-0.05, 0) is 55.9 Å². The van der Waals surface area contributed by atoms with E-state index in [1.807, 2.05) is 32.2 Å². The Morgan fingerprint density at radius 1 is 0.850 bits per heavy atom. The highest BCUT2D eigenvalue weighted by Crippen LogP contribution is 2.39. The van der Waals surface area contributed by atoms with Gasteiger partial charge in [-0.15, -0.1) is 0 Å². The molecule has 2 N–H and O–H groups in total. The third-order valence-electron chi connectivity index (χ3n) is 7.33. The zero-order valence-corrected chi connectivity index (χ0v) is 22.7. The molecule has 4 aromatic rings. The first-order valence-electron chi connectivity index (χ1n) is 12.9. The third kappa shape index (κ3) is 4.66. The molecule has 0 unspecified atom stereocenters. The van der Waals surface area contributed by atoms with Gasteiger partial charge in [-0.3, -0.25) is 9.59 Å². The lowest BCUT2D eigenvalue weighted by molar-refractivity contribution is 0.0950. The highest BCUT2D eigenvalue weighted by Gasteiger charge is 2.28. The summed E-state index contributed by atoms with van der Waals surface area (Å²) in [5, 5.41) is 5.71. The van der Waals surface area contributed by atoms with Crippen molar-refractivity contribution in [3.8, 4) is 0 Å². The van der Waals surface area contributed by atoms with Crippen LogP contribution in [0.3, 0.4) is 0 Å². The maximum absolute atomic E-state index is 16.7. The third-order valence-corrected chi connectivity index (χ3v) is 7.33. The molecule has 0 bridgehead atoms. The van der Waals surface area contributed by atoms with Crippen molar-refractivity contribution in [3.63, 3.8) is 0 Å². The molecule has 1 aromatic heterocycles. The second-order valence-corrected chi connectivity index (χ2v) is 9.98. The molecule has 6 nitrogen and oxygen atoms in total. The van der Waals surface area contributed by atoms with Crippen molar-refractivity contribution in [2.45, 2.75) is 19.9 Å². The fourth-order valence-electron chi connectivity index (χ4n) is 5.31. The Labute approximate surface area is 230 Å². The largest absolute Gasteiger partial charge is 0.355 e. The fraction of sp³-hybridized carbons (Fsp3) is 0.226. The summed E-state index contributed by atoms with van der Waals surface area (Å²) in [6.07, 6.45) is 0.610. The van der Waals surface area contributed by atoms with Crippen LogP contribution in [0.1, 0.15) is 48.7 Å². The van der Waals surface area contributed by atoms with Gasteiger partial charge in [-0.25, -0.2) is 13.2 Å². The van der Waals surface area contributed by atoms with Crippen LogP contribution in [0.15, 0.2) is 54.6 Å². The predicted molar refractivity (Wildman–Crippen MR) is 150 cm³/mol. The number of hydrogen-bond donors (Lipinski definition) is 2. The van der Waals surface area contributed by atoms with E-state index < -0.39 is 29.3 Å². The number of amides is 2. The van der Waals surface area contributed by atoms with Gasteiger partial charge in [0.2, 0.25) is 0 Å². The Bertz CT molecular complexity index is 1710. The lowest BCUT2D eigenvalue weighted by Gasteiger charge is -2.25. The van der Waals surface area contributed by atoms with Gasteiger partial charge in [0, 0.05) is 55.8 Å². The molecule has 0 fully saturated rings. The second kappa shape index (κ2) is 10.7. The molecule has 1 aliphatic rings. The standard InChI is InChI=1S/C31H29F3N4O2/c1-17-5-10-26-22(13-17)23-16-37(4)12-11-27(23)38(26)29(19-7-9-21(25(33)15-19)31(40)36-3)28(34)18-6-8-20(24(32)14-18)30(39)35-2/h5-10,13-15H,11-12,16H2,1-4H3,(H,35,39)(H,36,40)/b29-28+. The van der Waals surface area contributed by atoms with Crippen LogP contribution < -0.4 is 10.6 Å². The minimum atomic E-state index is -0.885. The molecule has 0 spiro atoms. The van der Waals surface area contributed by atoms with Crippen LogP contribution in [-0.2, 0) is 13.0 Å². The summed E-state index contributed by atoms with van der Waals surface area (Å²) in [7, 11) is 4.79. The molecule has 0 atom stereocenters. The van der Waals surface area contributed by atoms with E-state index in [0.29, 0.717) is 13.0 Å². The fourth-order valence-corrected chi connectivity index (χ4v) is 5.31. The van der Waals surface area contributed by atoms with Gasteiger partial charge in [0.1, 0.15) is 11.6 Å². The van der Waals surface area contributed by atoms with Crippen molar-refractivity contribution >= 4 is 34.2 Å². The van der Waals surface area contributed by atoms with Crippen LogP contribution in [0.5, 0.6) is 0 Å². The van der Waals surface area contributed by atoms with Crippen LogP contribution in [0.25, 0.3) is 22.4 Å². The first-order chi connectivity index (χ1) is 19.1. The summed E-state index contributed by atoms with van der Waals surface area (Å²) < 4.78 is 48.7. The summed E-state index contributed by atoms with van der Waals surface area (Å²) in [6.45, 7) is 3.37. The molecular formula is C31H29F3N4O2. The Hall–Kier alpha value is -4.37. The molecule has 0 radical (unpaired) electrons. The van der Waals surface area contributed by atoms with E-state index in [4.69, 9.17) is 0 Å². The number of aromatic nitrogens is 1. The van der Waals surface area contributed by atoms with Crippen LogP contribution in [0.2, 0.25) is 0 Å². The average Bonchev–Trinajstić information content (AvgIpc) is 3.24. The van der Waals surface area contributed by atoms with Gasteiger partial charge in [-0.1, -0.05) is 23.8 Å². The van der Waals surface area contributed by atoms with Crippen molar-refractivity contribution in [1.29, 1.82) is 0 Å². The number of nitrogens with zero attached hydrogens (tertiary/aromatic N) is 2. The van der Waals surface area contributed by atoms with E-state index in [2.05, 4.69) is 15.5 Å². The number of fused-ring (bicyclic) bond motifs is 3. The summed E-state index contributed by atoms with van der Waals surface area (Å²) in [5.41, 5.74) is 3.39. The van der Waals surface area contributed by atoms with Crippen LogP contribution in [0, 0.1) is 18.6 Å². The van der Waals surface area contributed by atoms with Crippen molar-refractivity contribution in [2.24, 2.45) is 0 Å². The molecule has 206 valence electrons. The molecule has 2 amide bonds. The smallest absolute Gasteiger partial charge is 0.253 e. The lowest BCUT2D eigenvalue weighted by Crippen LogP contribution is -2.27. The van der Waals surface area contributed by atoms with Crippen LogP contribution in [0.4, 0.5) is 13.2 Å². The molecule has 2 heterocycles. The number of benzene rings is 3. The number of likely N-dealkylation sites (N-methyl/N-ethyl adjacent to an activating group) is 1. The Morgan fingerprint density at radius 2 is 1.45 bits per heavy atom. The Balaban J connectivity index is 1.83. The number of hydrogen-bond acceptors (Lipinski definition) is 3. The SMILES string of the molecule is CNC(=O)c1ccc(/C(F)=C(/c2ccc(C(=O)NC)c(F)c2)n2c3c(c4cc(C)ccc42)CN(C)CC3)cc1F. The van der Waals surface area contributed by atoms with Crippen LogP contribution >= 0.6 is 0 Å². The topological polar surface area (TPSA) is 66.4 Å². The van der Waals surface area contributed by atoms with Crippen molar-refractivity contribution < 1.29 is 22.8 Å².